The lowest BCUT2D eigenvalue weighted by atomic mass is 9.90. The molecule has 2 heterocycles. The molecule has 0 aliphatic carbocycles. The van der Waals surface area contributed by atoms with Crippen LogP contribution in [0, 0.1) is 0 Å². The summed E-state index contributed by atoms with van der Waals surface area (Å²) in [4.78, 5) is 22.8. The van der Waals surface area contributed by atoms with Gasteiger partial charge in [-0.2, -0.15) is 0 Å². The number of benzene rings is 1. The maximum Gasteiger partial charge on any atom is 0.249 e. The van der Waals surface area contributed by atoms with E-state index in [9.17, 15) is 9.59 Å². The quantitative estimate of drug-likeness (QED) is 0.734. The average Bonchev–Trinajstić information content (AvgIpc) is 2.52. The van der Waals surface area contributed by atoms with Crippen LogP contribution in [0.5, 0.6) is 0 Å². The first-order valence-corrected chi connectivity index (χ1v) is 7.63. The summed E-state index contributed by atoms with van der Waals surface area (Å²) in [5, 5.41) is 8.94. The second-order valence-corrected chi connectivity index (χ2v) is 5.79. The first-order valence-electron chi connectivity index (χ1n) is 7.63. The van der Waals surface area contributed by atoms with Crippen molar-refractivity contribution in [1.29, 1.82) is 0 Å². The minimum absolute atomic E-state index is 0.181. The summed E-state index contributed by atoms with van der Waals surface area (Å²) in [7, 11) is 0. The topological polar surface area (TPSA) is 70.2 Å². The Hall–Kier alpha value is -1.88. The normalized spacial score (nSPS) is 23.7. The standard InChI is InChI=1S/C16H21N3O2/c20-15-6-5-14(16(21)19-15)18-13-3-1-11(2-4-13)12-7-9-17-10-8-12/h1-4,12,14,17-18H,5-10H2,(H,19,20,21). The maximum atomic E-state index is 11.7. The van der Waals surface area contributed by atoms with Gasteiger partial charge in [0.05, 0.1) is 0 Å². The van der Waals surface area contributed by atoms with Gasteiger partial charge in [-0.05, 0) is 56.0 Å². The van der Waals surface area contributed by atoms with Crippen LogP contribution < -0.4 is 16.0 Å². The van der Waals surface area contributed by atoms with Crippen LogP contribution in [0.15, 0.2) is 24.3 Å². The molecule has 0 bridgehead atoms. The summed E-state index contributed by atoms with van der Waals surface area (Å²) in [6, 6.07) is 8.03. The molecule has 5 heteroatoms. The fraction of sp³-hybridized carbons (Fsp3) is 0.500. The summed E-state index contributed by atoms with van der Waals surface area (Å²) < 4.78 is 0. The molecular weight excluding hydrogens is 266 g/mol. The van der Waals surface area contributed by atoms with Gasteiger partial charge < -0.3 is 10.6 Å². The molecule has 1 unspecified atom stereocenters. The van der Waals surface area contributed by atoms with E-state index in [4.69, 9.17) is 0 Å². The highest BCUT2D eigenvalue weighted by Gasteiger charge is 2.26. The number of amides is 2. The van der Waals surface area contributed by atoms with Crippen LogP contribution in [0.2, 0.25) is 0 Å². The summed E-state index contributed by atoms with van der Waals surface area (Å²) in [5.41, 5.74) is 2.30. The van der Waals surface area contributed by atoms with Crippen LogP contribution in [0.1, 0.15) is 37.2 Å². The van der Waals surface area contributed by atoms with E-state index in [1.54, 1.807) is 0 Å². The Bertz CT molecular complexity index is 521. The van der Waals surface area contributed by atoms with E-state index in [2.05, 4.69) is 28.1 Å². The first-order chi connectivity index (χ1) is 10.2. The molecule has 3 N–H and O–H groups in total. The van der Waals surface area contributed by atoms with Crippen molar-refractivity contribution in [3.63, 3.8) is 0 Å². The molecule has 1 atom stereocenters. The highest BCUT2D eigenvalue weighted by Crippen LogP contribution is 2.26. The second-order valence-electron chi connectivity index (χ2n) is 5.79. The molecule has 21 heavy (non-hydrogen) atoms. The van der Waals surface area contributed by atoms with Gasteiger partial charge in [-0.3, -0.25) is 14.9 Å². The zero-order valence-corrected chi connectivity index (χ0v) is 12.0. The summed E-state index contributed by atoms with van der Waals surface area (Å²) in [6.45, 7) is 2.17. The predicted octanol–water partition coefficient (Wildman–Crippen LogP) is 1.37. The predicted molar refractivity (Wildman–Crippen MR) is 81.1 cm³/mol. The van der Waals surface area contributed by atoms with Crippen molar-refractivity contribution >= 4 is 17.5 Å². The number of rotatable bonds is 3. The highest BCUT2D eigenvalue weighted by molar-refractivity contribution is 6.01. The van der Waals surface area contributed by atoms with Crippen molar-refractivity contribution in [3.05, 3.63) is 29.8 Å². The average molecular weight is 287 g/mol. The van der Waals surface area contributed by atoms with Crippen molar-refractivity contribution in [1.82, 2.24) is 10.6 Å². The molecule has 2 amide bonds. The lowest BCUT2D eigenvalue weighted by Gasteiger charge is -2.24. The molecule has 2 fully saturated rings. The Morgan fingerprint density at radius 3 is 2.38 bits per heavy atom. The Labute approximate surface area is 124 Å². The van der Waals surface area contributed by atoms with Crippen LogP contribution in [0.3, 0.4) is 0 Å². The third kappa shape index (κ3) is 3.42. The van der Waals surface area contributed by atoms with Gasteiger partial charge >= 0.3 is 0 Å². The van der Waals surface area contributed by atoms with Crippen LogP contribution in [0.25, 0.3) is 0 Å². The highest BCUT2D eigenvalue weighted by atomic mass is 16.2. The Morgan fingerprint density at radius 2 is 1.71 bits per heavy atom. The van der Waals surface area contributed by atoms with Gasteiger partial charge in [0.15, 0.2) is 0 Å². The fourth-order valence-corrected chi connectivity index (χ4v) is 3.04. The van der Waals surface area contributed by atoms with Crippen molar-refractivity contribution in [3.8, 4) is 0 Å². The van der Waals surface area contributed by atoms with Gasteiger partial charge in [0.25, 0.3) is 0 Å². The molecule has 2 aliphatic heterocycles. The van der Waals surface area contributed by atoms with Gasteiger partial charge in [-0.25, -0.2) is 0 Å². The molecule has 0 saturated carbocycles. The molecule has 3 rings (SSSR count). The lowest BCUT2D eigenvalue weighted by Crippen LogP contribution is -2.47. The monoisotopic (exact) mass is 287 g/mol. The number of hydrogen-bond donors (Lipinski definition) is 3. The smallest absolute Gasteiger partial charge is 0.249 e. The minimum atomic E-state index is -0.313. The zero-order valence-electron chi connectivity index (χ0n) is 12.0. The number of hydrogen-bond acceptors (Lipinski definition) is 4. The molecule has 1 aromatic rings. The Balaban J connectivity index is 1.61. The van der Waals surface area contributed by atoms with Crippen molar-refractivity contribution in [2.75, 3.05) is 18.4 Å². The number of imide groups is 1. The first kappa shape index (κ1) is 14.1. The van der Waals surface area contributed by atoms with E-state index in [1.165, 1.54) is 18.4 Å². The molecule has 2 saturated heterocycles. The van der Waals surface area contributed by atoms with E-state index in [0.717, 1.165) is 18.8 Å². The Kier molecular flexibility index (Phi) is 4.20. The largest absolute Gasteiger partial charge is 0.374 e. The molecule has 0 spiro atoms. The zero-order chi connectivity index (χ0) is 14.7. The van der Waals surface area contributed by atoms with Crippen LogP contribution in [0.4, 0.5) is 5.69 Å². The van der Waals surface area contributed by atoms with Crippen molar-refractivity contribution in [2.24, 2.45) is 0 Å². The molecule has 112 valence electrons. The number of piperidine rings is 2. The fourth-order valence-electron chi connectivity index (χ4n) is 3.04. The molecule has 0 radical (unpaired) electrons. The van der Waals surface area contributed by atoms with Gasteiger partial charge in [0, 0.05) is 12.1 Å². The number of anilines is 1. The molecule has 0 aromatic heterocycles. The third-order valence-corrected chi connectivity index (χ3v) is 4.30. The number of carbonyl (C=O) groups excluding carboxylic acids is 2. The van der Waals surface area contributed by atoms with Crippen LogP contribution in [-0.4, -0.2) is 30.9 Å². The van der Waals surface area contributed by atoms with Crippen LogP contribution >= 0.6 is 0 Å². The van der Waals surface area contributed by atoms with Gasteiger partial charge in [-0.1, -0.05) is 12.1 Å². The summed E-state index contributed by atoms with van der Waals surface area (Å²) in [5.74, 6) is 0.226. The molecule has 2 aliphatic rings. The van der Waals surface area contributed by atoms with E-state index < -0.39 is 0 Å². The second kappa shape index (κ2) is 6.26. The third-order valence-electron chi connectivity index (χ3n) is 4.30. The van der Waals surface area contributed by atoms with Gasteiger partial charge in [-0.15, -0.1) is 0 Å². The number of nitrogens with one attached hydrogen (secondary N) is 3. The maximum absolute atomic E-state index is 11.7. The van der Waals surface area contributed by atoms with E-state index in [1.807, 2.05) is 12.1 Å². The van der Waals surface area contributed by atoms with Crippen LogP contribution in [-0.2, 0) is 9.59 Å². The van der Waals surface area contributed by atoms with E-state index in [0.29, 0.717) is 18.8 Å². The summed E-state index contributed by atoms with van der Waals surface area (Å²) >= 11 is 0. The number of carbonyl (C=O) groups is 2. The lowest BCUT2D eigenvalue weighted by molar-refractivity contribution is -0.133. The molecular formula is C16H21N3O2. The van der Waals surface area contributed by atoms with E-state index in [-0.39, 0.29) is 17.9 Å². The molecule has 5 nitrogen and oxygen atoms in total. The molecule has 1 aromatic carbocycles. The van der Waals surface area contributed by atoms with Gasteiger partial charge in [0.1, 0.15) is 6.04 Å². The van der Waals surface area contributed by atoms with E-state index >= 15 is 0 Å². The van der Waals surface area contributed by atoms with Crippen molar-refractivity contribution < 1.29 is 9.59 Å². The Morgan fingerprint density at radius 1 is 1.00 bits per heavy atom. The van der Waals surface area contributed by atoms with Crippen molar-refractivity contribution in [2.45, 2.75) is 37.6 Å². The van der Waals surface area contributed by atoms with Gasteiger partial charge in [0.2, 0.25) is 11.8 Å². The minimum Gasteiger partial charge on any atom is -0.374 e. The summed E-state index contributed by atoms with van der Waals surface area (Å²) in [6.07, 6.45) is 3.32. The SMILES string of the molecule is O=C1CCC(Nc2ccc(C3CCNCC3)cc2)C(=O)N1.